The number of aromatic hydroxyl groups is 1. The summed E-state index contributed by atoms with van der Waals surface area (Å²) in [5.74, 6) is 2.18. The third-order valence-corrected chi connectivity index (χ3v) is 8.55. The monoisotopic (exact) mass is 388 g/mol. The molecule has 0 aliphatic heterocycles. The molecule has 3 aliphatic carbocycles. The Hall–Kier alpha value is -2.06. The number of phenolic OH excluding ortho intramolecular Hbond substituents is 1. The van der Waals surface area contributed by atoms with Gasteiger partial charge in [0.2, 0.25) is 0 Å². The first-order valence-corrected chi connectivity index (χ1v) is 11.2. The van der Waals surface area contributed by atoms with Gasteiger partial charge in [-0.2, -0.15) is 0 Å². The van der Waals surface area contributed by atoms with E-state index >= 15 is 0 Å². The molecule has 29 heavy (non-hydrogen) atoms. The van der Waals surface area contributed by atoms with E-state index in [0.717, 1.165) is 37.7 Å². The zero-order chi connectivity index (χ0) is 20.2. The summed E-state index contributed by atoms with van der Waals surface area (Å²) in [6, 6.07) is 14.5. The van der Waals surface area contributed by atoms with Crippen LogP contribution in [0.15, 0.2) is 48.5 Å². The molecule has 0 bridgehead atoms. The number of fused-ring (bicyclic) bond motifs is 5. The minimum atomic E-state index is -0.719. The van der Waals surface area contributed by atoms with Crippen LogP contribution < -0.4 is 0 Å². The third-order valence-electron chi connectivity index (χ3n) is 8.55. The largest absolute Gasteiger partial charge is 0.508 e. The summed E-state index contributed by atoms with van der Waals surface area (Å²) in [7, 11) is 0. The Kier molecular flexibility index (Phi) is 4.40. The molecule has 2 saturated carbocycles. The fraction of sp³-hybridized carbons (Fsp3) is 0.481. The number of phenols is 1. The highest BCUT2D eigenvalue weighted by atomic mass is 16.3. The van der Waals surface area contributed by atoms with Crippen molar-refractivity contribution >= 4 is 6.08 Å². The topological polar surface area (TPSA) is 40.5 Å². The van der Waals surface area contributed by atoms with Gasteiger partial charge in [0.25, 0.3) is 0 Å². The Labute approximate surface area is 174 Å². The van der Waals surface area contributed by atoms with Crippen LogP contribution in [0.5, 0.6) is 5.75 Å². The van der Waals surface area contributed by atoms with Gasteiger partial charge >= 0.3 is 0 Å². The highest BCUT2D eigenvalue weighted by Gasteiger charge is 2.60. The zero-order valence-electron chi connectivity index (χ0n) is 17.6. The highest BCUT2D eigenvalue weighted by Crippen LogP contribution is 2.64. The van der Waals surface area contributed by atoms with Crippen molar-refractivity contribution in [1.29, 1.82) is 0 Å². The molecule has 2 N–H and O–H groups in total. The number of benzene rings is 2. The van der Waals surface area contributed by atoms with Crippen molar-refractivity contribution in [1.82, 2.24) is 0 Å². The Bertz CT molecular complexity index is 944. The normalized spacial score (nSPS) is 35.9. The predicted octanol–water partition coefficient (Wildman–Crippen LogP) is 6.00. The van der Waals surface area contributed by atoms with E-state index in [2.05, 4.69) is 56.3 Å². The average Bonchev–Trinajstić information content (AvgIpc) is 2.98. The Morgan fingerprint density at radius 1 is 1.00 bits per heavy atom. The quantitative estimate of drug-likeness (QED) is 0.662. The van der Waals surface area contributed by atoms with Crippen LogP contribution >= 0.6 is 0 Å². The van der Waals surface area contributed by atoms with Crippen LogP contribution in [-0.2, 0) is 6.42 Å². The smallest absolute Gasteiger partial charge is 0.115 e. The maximum Gasteiger partial charge on any atom is 0.115 e. The lowest BCUT2D eigenvalue weighted by Crippen LogP contribution is -2.49. The van der Waals surface area contributed by atoms with Crippen LogP contribution in [0.2, 0.25) is 0 Å². The van der Waals surface area contributed by atoms with Gasteiger partial charge < -0.3 is 10.2 Å². The first kappa shape index (κ1) is 18.9. The summed E-state index contributed by atoms with van der Waals surface area (Å²) in [6.45, 7) is 4.44. The molecular formula is C27H32O2. The second-order valence-corrected chi connectivity index (χ2v) is 9.96. The van der Waals surface area contributed by atoms with Gasteiger partial charge in [-0.05, 0) is 92.0 Å². The molecule has 2 aromatic carbocycles. The van der Waals surface area contributed by atoms with Gasteiger partial charge in [-0.3, -0.25) is 0 Å². The lowest BCUT2D eigenvalue weighted by atomic mass is 9.53. The first-order valence-electron chi connectivity index (χ1n) is 11.2. The van der Waals surface area contributed by atoms with Gasteiger partial charge in [-0.25, -0.2) is 0 Å². The summed E-state index contributed by atoms with van der Waals surface area (Å²) in [6.07, 6.45) is 10.6. The van der Waals surface area contributed by atoms with E-state index in [0.29, 0.717) is 23.5 Å². The van der Waals surface area contributed by atoms with Crippen molar-refractivity contribution in [3.63, 3.8) is 0 Å². The Balaban J connectivity index is 1.42. The number of aliphatic hydroxyl groups is 1. The molecule has 0 aromatic heterocycles. The molecule has 0 heterocycles. The minimum Gasteiger partial charge on any atom is -0.508 e. The van der Waals surface area contributed by atoms with E-state index in [1.807, 2.05) is 12.1 Å². The van der Waals surface area contributed by atoms with E-state index < -0.39 is 5.60 Å². The lowest BCUT2D eigenvalue weighted by molar-refractivity contribution is -0.0705. The van der Waals surface area contributed by atoms with Crippen LogP contribution in [0, 0.1) is 24.2 Å². The fourth-order valence-electron chi connectivity index (χ4n) is 6.81. The highest BCUT2D eigenvalue weighted by molar-refractivity contribution is 5.52. The van der Waals surface area contributed by atoms with Crippen LogP contribution in [0.1, 0.15) is 67.2 Å². The van der Waals surface area contributed by atoms with Gasteiger partial charge in [0.05, 0.1) is 5.60 Å². The molecule has 0 spiro atoms. The Morgan fingerprint density at radius 2 is 1.79 bits per heavy atom. The van der Waals surface area contributed by atoms with Crippen molar-refractivity contribution in [2.45, 2.75) is 63.9 Å². The number of rotatable bonds is 2. The van der Waals surface area contributed by atoms with Gasteiger partial charge in [0, 0.05) is 5.41 Å². The summed E-state index contributed by atoms with van der Waals surface area (Å²) < 4.78 is 0. The molecule has 0 radical (unpaired) electrons. The fourth-order valence-corrected chi connectivity index (χ4v) is 6.81. The number of aryl methyl sites for hydroxylation is 2. The molecule has 0 saturated heterocycles. The number of hydrogen-bond acceptors (Lipinski definition) is 2. The predicted molar refractivity (Wildman–Crippen MR) is 118 cm³/mol. The van der Waals surface area contributed by atoms with Crippen LogP contribution in [0.4, 0.5) is 0 Å². The van der Waals surface area contributed by atoms with Gasteiger partial charge in [-0.1, -0.05) is 55.0 Å². The van der Waals surface area contributed by atoms with E-state index in [1.54, 1.807) is 0 Å². The van der Waals surface area contributed by atoms with Gasteiger partial charge in [0.1, 0.15) is 5.75 Å². The molecule has 0 amide bonds. The van der Waals surface area contributed by atoms with E-state index in [1.165, 1.54) is 23.1 Å². The second kappa shape index (κ2) is 6.74. The van der Waals surface area contributed by atoms with Crippen molar-refractivity contribution in [3.05, 3.63) is 70.8 Å². The maximum atomic E-state index is 11.8. The molecule has 2 fully saturated rings. The van der Waals surface area contributed by atoms with Crippen LogP contribution in [0.25, 0.3) is 6.08 Å². The maximum absolute atomic E-state index is 11.8. The number of hydrogen-bond donors (Lipinski definition) is 2. The van der Waals surface area contributed by atoms with E-state index in [-0.39, 0.29) is 5.41 Å². The molecule has 3 unspecified atom stereocenters. The second-order valence-electron chi connectivity index (χ2n) is 9.96. The standard InChI is InChI=1S/C27H32O2/c1-18-3-5-19(6-4-18)11-15-27(29)16-13-25-24-9-7-20-17-21(28)8-10-22(20)23(24)12-14-26(25,27)2/h3-6,8,10-11,15,17,23-25,28-29H,7,9,12-14,16H2,1-2H3/b15-11-/t23?,24?,25?,26-,27-/m0/s1. The molecule has 2 heteroatoms. The summed E-state index contributed by atoms with van der Waals surface area (Å²) in [5.41, 5.74) is 4.44. The summed E-state index contributed by atoms with van der Waals surface area (Å²) >= 11 is 0. The molecule has 3 aliphatic rings. The van der Waals surface area contributed by atoms with Crippen molar-refractivity contribution < 1.29 is 10.2 Å². The molecular weight excluding hydrogens is 356 g/mol. The molecule has 2 aromatic rings. The lowest BCUT2D eigenvalue weighted by Gasteiger charge is -2.52. The minimum absolute atomic E-state index is 0.0518. The SMILES string of the molecule is Cc1ccc(/C=C\[C@]2(O)CCC3C4CCc5cc(O)ccc5C4CC[C@@]32C)cc1. The summed E-state index contributed by atoms with van der Waals surface area (Å²) in [5, 5.41) is 21.6. The molecule has 5 rings (SSSR count). The van der Waals surface area contributed by atoms with E-state index in [9.17, 15) is 10.2 Å². The molecule has 2 nitrogen and oxygen atoms in total. The third kappa shape index (κ3) is 2.95. The van der Waals surface area contributed by atoms with Gasteiger partial charge in [0.15, 0.2) is 0 Å². The zero-order valence-corrected chi connectivity index (χ0v) is 17.6. The average molecular weight is 389 g/mol. The van der Waals surface area contributed by atoms with Crippen LogP contribution in [-0.4, -0.2) is 15.8 Å². The summed E-state index contributed by atoms with van der Waals surface area (Å²) in [4.78, 5) is 0. The molecule has 152 valence electrons. The van der Waals surface area contributed by atoms with Crippen LogP contribution in [0.3, 0.4) is 0 Å². The van der Waals surface area contributed by atoms with Crippen molar-refractivity contribution in [2.75, 3.05) is 0 Å². The van der Waals surface area contributed by atoms with Crippen molar-refractivity contribution in [2.24, 2.45) is 17.3 Å². The first-order chi connectivity index (χ1) is 13.9. The molecule has 5 atom stereocenters. The van der Waals surface area contributed by atoms with E-state index in [4.69, 9.17) is 0 Å². The Morgan fingerprint density at radius 3 is 2.59 bits per heavy atom. The van der Waals surface area contributed by atoms with Gasteiger partial charge in [-0.15, -0.1) is 0 Å². The van der Waals surface area contributed by atoms with Crippen molar-refractivity contribution in [3.8, 4) is 5.75 Å².